The van der Waals surface area contributed by atoms with E-state index in [1.807, 2.05) is 0 Å². The minimum absolute atomic E-state index is 0.0512. The van der Waals surface area contributed by atoms with E-state index in [2.05, 4.69) is 4.99 Å². The van der Waals surface area contributed by atoms with Crippen molar-refractivity contribution < 1.29 is 14.6 Å². The van der Waals surface area contributed by atoms with Gasteiger partial charge in [0.25, 0.3) is 11.4 Å². The van der Waals surface area contributed by atoms with Crippen molar-refractivity contribution in [2.24, 2.45) is 4.99 Å². The molecule has 9 nitrogen and oxygen atoms in total. The second-order valence-electron chi connectivity index (χ2n) is 5.38. The summed E-state index contributed by atoms with van der Waals surface area (Å²) in [5.41, 5.74) is 0.810. The number of non-ortho nitro benzene ring substituents is 2. The zero-order valence-corrected chi connectivity index (χ0v) is 14.3. The van der Waals surface area contributed by atoms with Gasteiger partial charge in [0.05, 0.1) is 26.5 Å². The number of hydrogen-bond acceptors (Lipinski definition) is 7. The van der Waals surface area contributed by atoms with Crippen LogP contribution < -0.4 is 4.90 Å². The highest BCUT2D eigenvalue weighted by molar-refractivity contribution is 8.16. The van der Waals surface area contributed by atoms with E-state index in [1.54, 1.807) is 6.92 Å². The lowest BCUT2D eigenvalue weighted by Crippen LogP contribution is -2.31. The number of amides is 1. The zero-order chi connectivity index (χ0) is 18.8. The molecule has 10 heteroatoms. The fourth-order valence-corrected chi connectivity index (χ4v) is 3.32. The molecule has 2 aromatic rings. The molecule has 0 bridgehead atoms. The van der Waals surface area contributed by atoms with Crippen LogP contribution in [0.5, 0.6) is 0 Å². The SMILES string of the molecule is CC1SC(=Nc2ccc([N+](=O)[O-])cc2)N(c2ccc([N+](=O)[O-])cc2)C1=O. The van der Waals surface area contributed by atoms with Crippen molar-refractivity contribution in [3.63, 3.8) is 0 Å². The number of rotatable bonds is 4. The third-order valence-corrected chi connectivity index (χ3v) is 4.69. The van der Waals surface area contributed by atoms with Crippen molar-refractivity contribution in [2.75, 3.05) is 4.90 Å². The average Bonchev–Trinajstić information content (AvgIpc) is 2.89. The molecule has 0 radical (unpaired) electrons. The largest absolute Gasteiger partial charge is 0.273 e. The number of carbonyl (C=O) groups excluding carboxylic acids is 1. The van der Waals surface area contributed by atoms with E-state index in [-0.39, 0.29) is 22.5 Å². The van der Waals surface area contributed by atoms with E-state index in [4.69, 9.17) is 0 Å². The zero-order valence-electron chi connectivity index (χ0n) is 13.4. The minimum Gasteiger partial charge on any atom is -0.273 e. The van der Waals surface area contributed by atoms with Gasteiger partial charge in [-0.3, -0.25) is 29.9 Å². The molecule has 1 amide bonds. The van der Waals surface area contributed by atoms with Gasteiger partial charge in [-0.25, -0.2) is 4.99 Å². The maximum Gasteiger partial charge on any atom is 0.269 e. The minimum atomic E-state index is -0.515. The molecule has 0 aromatic heterocycles. The molecule has 1 atom stereocenters. The van der Waals surface area contributed by atoms with Crippen LogP contribution in [0.25, 0.3) is 0 Å². The lowest BCUT2D eigenvalue weighted by molar-refractivity contribution is -0.385. The van der Waals surface area contributed by atoms with Gasteiger partial charge in [-0.15, -0.1) is 0 Å². The molecule has 0 aliphatic carbocycles. The van der Waals surface area contributed by atoms with E-state index in [0.717, 1.165) is 0 Å². The Labute approximate surface area is 151 Å². The summed E-state index contributed by atoms with van der Waals surface area (Å²) in [4.78, 5) is 38.7. The van der Waals surface area contributed by atoms with E-state index < -0.39 is 9.85 Å². The second-order valence-corrected chi connectivity index (χ2v) is 6.68. The monoisotopic (exact) mass is 372 g/mol. The van der Waals surface area contributed by atoms with Gasteiger partial charge >= 0.3 is 0 Å². The lowest BCUT2D eigenvalue weighted by Gasteiger charge is -2.16. The summed E-state index contributed by atoms with van der Waals surface area (Å²) in [6, 6.07) is 11.3. The Hall–Kier alpha value is -3.27. The second kappa shape index (κ2) is 6.92. The van der Waals surface area contributed by atoms with Gasteiger partial charge in [-0.2, -0.15) is 0 Å². The summed E-state index contributed by atoms with van der Waals surface area (Å²) < 4.78 is 0. The number of nitrogens with zero attached hydrogens (tertiary/aromatic N) is 4. The first-order valence-electron chi connectivity index (χ1n) is 7.45. The summed E-state index contributed by atoms with van der Waals surface area (Å²) in [6.07, 6.45) is 0. The maximum atomic E-state index is 12.5. The average molecular weight is 372 g/mol. The van der Waals surface area contributed by atoms with Gasteiger partial charge in [0.1, 0.15) is 0 Å². The van der Waals surface area contributed by atoms with Crippen LogP contribution in [-0.4, -0.2) is 26.2 Å². The predicted octanol–water partition coefficient (Wildman–Crippen LogP) is 3.66. The van der Waals surface area contributed by atoms with Crippen LogP contribution in [-0.2, 0) is 4.79 Å². The van der Waals surface area contributed by atoms with Crippen molar-refractivity contribution in [2.45, 2.75) is 12.2 Å². The van der Waals surface area contributed by atoms with Gasteiger partial charge in [0, 0.05) is 24.3 Å². The van der Waals surface area contributed by atoms with Gasteiger partial charge in [0.15, 0.2) is 5.17 Å². The number of anilines is 1. The molecular formula is C16H12N4O5S. The van der Waals surface area contributed by atoms with Gasteiger partial charge in [0.2, 0.25) is 5.91 Å². The van der Waals surface area contributed by atoms with Crippen molar-refractivity contribution in [1.82, 2.24) is 0 Å². The molecule has 1 fully saturated rings. The van der Waals surface area contributed by atoms with Crippen LogP contribution in [0.4, 0.5) is 22.7 Å². The van der Waals surface area contributed by atoms with Crippen LogP contribution in [0.3, 0.4) is 0 Å². The highest BCUT2D eigenvalue weighted by Gasteiger charge is 2.36. The number of nitro benzene ring substituents is 2. The van der Waals surface area contributed by atoms with E-state index in [1.165, 1.54) is 65.2 Å². The standard InChI is InChI=1S/C16H12N4O5S/c1-10-15(21)18(12-6-8-14(9-7-12)20(24)25)16(26-10)17-11-2-4-13(5-3-11)19(22)23/h2-10H,1H3. The van der Waals surface area contributed by atoms with Gasteiger partial charge < -0.3 is 0 Å². The fourth-order valence-electron chi connectivity index (χ4n) is 2.33. The van der Waals surface area contributed by atoms with Crippen LogP contribution >= 0.6 is 11.8 Å². The van der Waals surface area contributed by atoms with Crippen molar-refractivity contribution >= 4 is 45.6 Å². The first-order chi connectivity index (χ1) is 12.4. The number of nitro groups is 2. The quantitative estimate of drug-likeness (QED) is 0.597. The Morgan fingerprint density at radius 2 is 1.46 bits per heavy atom. The Morgan fingerprint density at radius 3 is 1.96 bits per heavy atom. The topological polar surface area (TPSA) is 119 Å². The van der Waals surface area contributed by atoms with Crippen LogP contribution in [0, 0.1) is 20.2 Å². The molecule has 1 aliphatic heterocycles. The van der Waals surface area contributed by atoms with E-state index in [9.17, 15) is 25.0 Å². The summed E-state index contributed by atoms with van der Waals surface area (Å²) in [5, 5.41) is 21.5. The Balaban J connectivity index is 1.95. The van der Waals surface area contributed by atoms with E-state index in [0.29, 0.717) is 16.5 Å². The number of carbonyl (C=O) groups is 1. The molecule has 2 aromatic carbocycles. The molecule has 3 rings (SSSR count). The molecule has 0 N–H and O–H groups in total. The number of benzene rings is 2. The third-order valence-electron chi connectivity index (χ3n) is 3.65. The molecule has 132 valence electrons. The summed E-state index contributed by atoms with van der Waals surface area (Å²) in [6.45, 7) is 1.74. The fraction of sp³-hybridized carbons (Fsp3) is 0.125. The van der Waals surface area contributed by atoms with Crippen molar-refractivity contribution in [3.05, 3.63) is 68.8 Å². The molecule has 1 aliphatic rings. The lowest BCUT2D eigenvalue weighted by atomic mass is 10.2. The normalized spacial score (nSPS) is 18.3. The van der Waals surface area contributed by atoms with Crippen molar-refractivity contribution in [3.8, 4) is 0 Å². The number of hydrogen-bond donors (Lipinski definition) is 0. The highest BCUT2D eigenvalue weighted by atomic mass is 32.2. The van der Waals surface area contributed by atoms with Crippen molar-refractivity contribution in [1.29, 1.82) is 0 Å². The predicted molar refractivity (Wildman–Crippen MR) is 97.8 cm³/mol. The molecule has 0 saturated carbocycles. The molecule has 0 spiro atoms. The molecule has 1 unspecified atom stereocenters. The van der Waals surface area contributed by atoms with Gasteiger partial charge in [-0.05, 0) is 31.2 Å². The summed E-state index contributed by atoms with van der Waals surface area (Å²) in [7, 11) is 0. The number of aliphatic imine (C=N–C) groups is 1. The van der Waals surface area contributed by atoms with E-state index >= 15 is 0 Å². The third kappa shape index (κ3) is 3.40. The number of thioether (sulfide) groups is 1. The van der Waals surface area contributed by atoms with Crippen LogP contribution in [0.15, 0.2) is 53.5 Å². The van der Waals surface area contributed by atoms with Crippen LogP contribution in [0.1, 0.15) is 6.92 Å². The van der Waals surface area contributed by atoms with Crippen LogP contribution in [0.2, 0.25) is 0 Å². The first-order valence-corrected chi connectivity index (χ1v) is 8.33. The summed E-state index contributed by atoms with van der Waals surface area (Å²) in [5.74, 6) is -0.190. The Kier molecular flexibility index (Phi) is 4.67. The maximum absolute atomic E-state index is 12.5. The van der Waals surface area contributed by atoms with Gasteiger partial charge in [-0.1, -0.05) is 11.8 Å². The smallest absolute Gasteiger partial charge is 0.269 e. The molecule has 1 heterocycles. The summed E-state index contributed by atoms with van der Waals surface area (Å²) >= 11 is 1.25. The first kappa shape index (κ1) is 17.5. The highest BCUT2D eigenvalue weighted by Crippen LogP contribution is 2.34. The molecule has 1 saturated heterocycles. The molecule has 26 heavy (non-hydrogen) atoms. The Morgan fingerprint density at radius 1 is 0.962 bits per heavy atom. The molecular weight excluding hydrogens is 360 g/mol. The number of amidine groups is 1. The Bertz CT molecular complexity index is 911.